The third-order valence-corrected chi connectivity index (χ3v) is 7.55. The predicted octanol–water partition coefficient (Wildman–Crippen LogP) is 4.01. The lowest BCUT2D eigenvalue weighted by atomic mass is 9.95. The van der Waals surface area contributed by atoms with Gasteiger partial charge in [0.2, 0.25) is 0 Å². The molecule has 6 rings (SSSR count). The van der Waals surface area contributed by atoms with Crippen LogP contribution in [0.5, 0.6) is 5.75 Å². The summed E-state index contributed by atoms with van der Waals surface area (Å²) in [5.41, 5.74) is 1.66. The number of fused-ring (bicyclic) bond motifs is 2. The molecule has 2 fully saturated rings. The molecule has 3 aliphatic heterocycles. The molecule has 1 unspecified atom stereocenters. The van der Waals surface area contributed by atoms with E-state index in [-0.39, 0.29) is 13.2 Å². The Bertz CT molecular complexity index is 1280. The molecule has 3 aromatic rings. The van der Waals surface area contributed by atoms with Crippen LogP contribution in [0.4, 0.5) is 0 Å². The highest BCUT2D eigenvalue weighted by Gasteiger charge is 2.55. The number of amides is 2. The van der Waals surface area contributed by atoms with Crippen molar-refractivity contribution in [3.05, 3.63) is 101 Å². The summed E-state index contributed by atoms with van der Waals surface area (Å²) >= 11 is 4.69. The van der Waals surface area contributed by atoms with Crippen LogP contribution in [0.3, 0.4) is 0 Å². The van der Waals surface area contributed by atoms with Gasteiger partial charge >= 0.3 is 0 Å². The molecule has 3 aliphatic rings. The Morgan fingerprint density at radius 3 is 2.21 bits per heavy atom. The molecule has 0 N–H and O–H groups in total. The Kier molecular flexibility index (Phi) is 6.94. The summed E-state index contributed by atoms with van der Waals surface area (Å²) in [7, 11) is 1.61. The maximum absolute atomic E-state index is 13.5. The molecule has 2 amide bonds. The van der Waals surface area contributed by atoms with Crippen LogP contribution in [0.25, 0.3) is 0 Å². The molecule has 2 saturated heterocycles. The Hall–Kier alpha value is -3.21. The van der Waals surface area contributed by atoms with Gasteiger partial charge in [-0.1, -0.05) is 54.6 Å². The fourth-order valence-electron chi connectivity index (χ4n) is 5.22. The van der Waals surface area contributed by atoms with E-state index in [2.05, 4.69) is 12.6 Å². The fraction of sp³-hybridized carbons (Fsp3) is 0.310. The van der Waals surface area contributed by atoms with Crippen LogP contribution in [-0.2, 0) is 25.6 Å². The summed E-state index contributed by atoms with van der Waals surface area (Å²) in [6.07, 6.45) is -2.53. The number of hydrogen-bond donors (Lipinski definition) is 1. The number of imide groups is 1. The minimum Gasteiger partial charge on any atom is -0.497 e. The van der Waals surface area contributed by atoms with Crippen LogP contribution < -0.4 is 4.74 Å². The van der Waals surface area contributed by atoms with E-state index in [0.717, 1.165) is 16.9 Å². The molecular formula is C29H27NO7S. The van der Waals surface area contributed by atoms with Crippen molar-refractivity contribution >= 4 is 24.4 Å². The van der Waals surface area contributed by atoms with Gasteiger partial charge in [0.25, 0.3) is 11.8 Å². The molecular weight excluding hydrogens is 506 g/mol. The summed E-state index contributed by atoms with van der Waals surface area (Å²) in [6, 6.07) is 23.1. The van der Waals surface area contributed by atoms with Gasteiger partial charge in [-0.3, -0.25) is 14.5 Å². The van der Waals surface area contributed by atoms with Gasteiger partial charge < -0.3 is 23.7 Å². The first-order chi connectivity index (χ1) is 18.5. The van der Waals surface area contributed by atoms with Crippen LogP contribution in [0.2, 0.25) is 0 Å². The Morgan fingerprint density at radius 2 is 1.55 bits per heavy atom. The van der Waals surface area contributed by atoms with Crippen molar-refractivity contribution in [2.24, 2.45) is 0 Å². The van der Waals surface area contributed by atoms with E-state index in [1.54, 1.807) is 31.4 Å². The van der Waals surface area contributed by atoms with E-state index >= 15 is 0 Å². The molecule has 0 radical (unpaired) electrons. The number of nitrogens with zero attached hydrogens (tertiary/aromatic N) is 1. The number of thiol groups is 1. The third-order valence-electron chi connectivity index (χ3n) is 7.12. The normalized spacial score (nSPS) is 28.6. The molecule has 9 heteroatoms. The van der Waals surface area contributed by atoms with Crippen molar-refractivity contribution in [3.63, 3.8) is 0 Å². The van der Waals surface area contributed by atoms with Gasteiger partial charge in [-0.2, -0.15) is 0 Å². The number of benzene rings is 3. The Balaban J connectivity index is 1.33. The van der Waals surface area contributed by atoms with Crippen LogP contribution in [-0.4, -0.2) is 60.2 Å². The lowest BCUT2D eigenvalue weighted by Crippen LogP contribution is -2.66. The number of hydrogen-bond acceptors (Lipinski definition) is 8. The quantitative estimate of drug-likeness (QED) is 0.379. The van der Waals surface area contributed by atoms with Gasteiger partial charge in [0.15, 0.2) is 6.29 Å². The van der Waals surface area contributed by atoms with Crippen molar-refractivity contribution in [1.82, 2.24) is 4.90 Å². The van der Waals surface area contributed by atoms with Crippen molar-refractivity contribution in [1.29, 1.82) is 0 Å². The lowest BCUT2D eigenvalue weighted by molar-refractivity contribution is -0.316. The zero-order chi connectivity index (χ0) is 26.2. The number of ether oxygens (including phenoxy) is 5. The number of methoxy groups -OCH3 is 1. The van der Waals surface area contributed by atoms with E-state index in [0.29, 0.717) is 11.1 Å². The summed E-state index contributed by atoms with van der Waals surface area (Å²) in [5.74, 6) is -0.0799. The molecule has 0 aliphatic carbocycles. The number of rotatable bonds is 6. The van der Waals surface area contributed by atoms with Gasteiger partial charge in [-0.15, -0.1) is 12.6 Å². The highest BCUT2D eigenvalue weighted by Crippen LogP contribution is 2.40. The lowest BCUT2D eigenvalue weighted by Gasteiger charge is -2.50. The molecule has 0 bridgehead atoms. The molecule has 6 atom stereocenters. The average Bonchev–Trinajstić information content (AvgIpc) is 3.21. The molecule has 8 nitrogen and oxygen atoms in total. The largest absolute Gasteiger partial charge is 0.497 e. The number of carbonyl (C=O) groups excluding carboxylic acids is 2. The molecule has 0 aromatic heterocycles. The molecule has 3 heterocycles. The maximum atomic E-state index is 13.5. The molecule has 196 valence electrons. The second kappa shape index (κ2) is 10.5. The van der Waals surface area contributed by atoms with Crippen molar-refractivity contribution < 1.29 is 33.3 Å². The van der Waals surface area contributed by atoms with Crippen molar-refractivity contribution in [2.75, 3.05) is 13.7 Å². The van der Waals surface area contributed by atoms with Crippen molar-refractivity contribution in [2.45, 2.75) is 42.7 Å². The van der Waals surface area contributed by atoms with E-state index in [1.807, 2.05) is 54.6 Å². The van der Waals surface area contributed by atoms with Gasteiger partial charge in [0.1, 0.15) is 35.5 Å². The average molecular weight is 534 g/mol. The van der Waals surface area contributed by atoms with E-state index in [1.165, 1.54) is 4.90 Å². The second-order valence-electron chi connectivity index (χ2n) is 9.38. The third kappa shape index (κ3) is 4.50. The van der Waals surface area contributed by atoms with Crippen molar-refractivity contribution in [3.8, 4) is 5.75 Å². The van der Waals surface area contributed by atoms with Gasteiger partial charge in [0, 0.05) is 5.56 Å². The van der Waals surface area contributed by atoms with E-state index in [9.17, 15) is 9.59 Å². The molecule has 38 heavy (non-hydrogen) atoms. The predicted molar refractivity (Wildman–Crippen MR) is 140 cm³/mol. The van der Waals surface area contributed by atoms with Crippen LogP contribution in [0.15, 0.2) is 78.9 Å². The topological polar surface area (TPSA) is 83.5 Å². The fourth-order valence-corrected chi connectivity index (χ4v) is 5.68. The first-order valence-corrected chi connectivity index (χ1v) is 12.9. The zero-order valence-electron chi connectivity index (χ0n) is 20.6. The maximum Gasteiger partial charge on any atom is 0.262 e. The van der Waals surface area contributed by atoms with Gasteiger partial charge in [-0.25, -0.2) is 0 Å². The summed E-state index contributed by atoms with van der Waals surface area (Å²) in [5, 5.41) is 0. The second-order valence-corrected chi connectivity index (χ2v) is 9.89. The van der Waals surface area contributed by atoms with Crippen LogP contribution in [0, 0.1) is 0 Å². The van der Waals surface area contributed by atoms with Gasteiger partial charge in [0.05, 0.1) is 31.5 Å². The first-order valence-electron chi connectivity index (χ1n) is 12.4. The van der Waals surface area contributed by atoms with E-state index < -0.39 is 47.9 Å². The molecule has 0 saturated carbocycles. The monoisotopic (exact) mass is 533 g/mol. The standard InChI is InChI=1S/C29H27NO7S/c1-33-19-13-11-18(12-14-19)28-35-16-22-24(37-28)25(34-15-17-7-3-2-4-8-17)23(29(38)36-22)30-26(31)20-9-5-6-10-21(20)27(30)32/h2-14,22-25,28-29,38H,15-16H2,1H3/t22-,23-,24+,25-,28?,29+/m1/s1. The zero-order valence-corrected chi connectivity index (χ0v) is 21.5. The smallest absolute Gasteiger partial charge is 0.262 e. The minimum atomic E-state index is -0.828. The molecule has 0 spiro atoms. The molecule has 3 aromatic carbocycles. The van der Waals surface area contributed by atoms with Gasteiger partial charge in [-0.05, 0) is 29.8 Å². The Labute approximate surface area is 225 Å². The van der Waals surface area contributed by atoms with Crippen LogP contribution in [0.1, 0.15) is 38.1 Å². The first kappa shape index (κ1) is 25.1. The summed E-state index contributed by atoms with van der Waals surface area (Å²) < 4.78 is 30.4. The van der Waals surface area contributed by atoms with Crippen LogP contribution >= 0.6 is 12.6 Å². The summed E-state index contributed by atoms with van der Waals surface area (Å²) in [4.78, 5) is 28.1. The highest BCUT2D eigenvalue weighted by atomic mass is 32.1. The highest BCUT2D eigenvalue weighted by molar-refractivity contribution is 7.80. The Morgan fingerprint density at radius 1 is 0.895 bits per heavy atom. The SMILES string of the molecule is COc1ccc(C2OC[C@H]3O[C@@H](S)[C@H](N4C(=O)c5ccccc5C4=O)[C@@H](OCc4ccccc4)[C@H]3O2)cc1. The number of carbonyl (C=O) groups is 2. The minimum absolute atomic E-state index is 0.235. The van der Waals surface area contributed by atoms with E-state index in [4.69, 9.17) is 23.7 Å². The summed E-state index contributed by atoms with van der Waals surface area (Å²) in [6.45, 7) is 0.491.